The molecule has 1 aliphatic rings. The Morgan fingerprint density at radius 2 is 2.00 bits per heavy atom. The van der Waals surface area contributed by atoms with E-state index in [-0.39, 0.29) is 5.97 Å². The van der Waals surface area contributed by atoms with Crippen molar-refractivity contribution in [2.45, 2.75) is 33.6 Å². The molecule has 5 nitrogen and oxygen atoms in total. The lowest BCUT2D eigenvalue weighted by atomic mass is 10.2. The molecule has 0 bridgehead atoms. The molecular weight excluding hydrogens is 286 g/mol. The zero-order valence-corrected chi connectivity index (χ0v) is 13.4. The molecule has 3 heterocycles. The summed E-state index contributed by atoms with van der Waals surface area (Å²) in [5.74, 6) is 1.46. The Kier molecular flexibility index (Phi) is 3.80. The number of aromatic nitrogens is 2. The van der Waals surface area contributed by atoms with Crippen molar-refractivity contribution >= 4 is 33.3 Å². The molecule has 21 heavy (non-hydrogen) atoms. The molecule has 0 unspecified atom stereocenters. The molecule has 0 aliphatic carbocycles. The molecule has 1 saturated heterocycles. The van der Waals surface area contributed by atoms with Gasteiger partial charge in [0.15, 0.2) is 0 Å². The summed E-state index contributed by atoms with van der Waals surface area (Å²) in [6.45, 7) is 8.11. The Morgan fingerprint density at radius 1 is 1.29 bits per heavy atom. The summed E-state index contributed by atoms with van der Waals surface area (Å²) in [5.41, 5.74) is 0.940. The van der Waals surface area contributed by atoms with Crippen LogP contribution in [0.15, 0.2) is 0 Å². The Labute approximate surface area is 128 Å². The van der Waals surface area contributed by atoms with E-state index in [4.69, 9.17) is 4.74 Å². The smallest absolute Gasteiger partial charge is 0.348 e. The van der Waals surface area contributed by atoms with Gasteiger partial charge in [-0.15, -0.1) is 11.3 Å². The first-order valence-electron chi connectivity index (χ1n) is 7.31. The summed E-state index contributed by atoms with van der Waals surface area (Å²) in [4.78, 5) is 25.0. The molecule has 1 aliphatic heterocycles. The van der Waals surface area contributed by atoms with Crippen molar-refractivity contribution in [1.82, 2.24) is 9.97 Å². The average molecular weight is 305 g/mol. The molecule has 0 aromatic carbocycles. The van der Waals surface area contributed by atoms with Crippen molar-refractivity contribution < 1.29 is 9.53 Å². The molecule has 6 heteroatoms. The van der Waals surface area contributed by atoms with E-state index in [0.717, 1.165) is 40.5 Å². The molecule has 3 rings (SSSR count). The zero-order valence-electron chi connectivity index (χ0n) is 12.6. The highest BCUT2D eigenvalue weighted by atomic mass is 32.1. The van der Waals surface area contributed by atoms with Gasteiger partial charge < -0.3 is 9.64 Å². The maximum Gasteiger partial charge on any atom is 0.348 e. The second-order valence-corrected chi connectivity index (χ2v) is 6.24. The van der Waals surface area contributed by atoms with Gasteiger partial charge in [0.2, 0.25) is 0 Å². The summed E-state index contributed by atoms with van der Waals surface area (Å²) >= 11 is 1.41. The lowest BCUT2D eigenvalue weighted by molar-refractivity contribution is 0.0531. The minimum atomic E-state index is -0.261. The summed E-state index contributed by atoms with van der Waals surface area (Å²) in [7, 11) is 0. The van der Waals surface area contributed by atoms with E-state index in [1.807, 2.05) is 20.8 Å². The van der Waals surface area contributed by atoms with Crippen LogP contribution in [-0.2, 0) is 4.74 Å². The predicted molar refractivity (Wildman–Crippen MR) is 84.3 cm³/mol. The number of ether oxygens (including phenoxy) is 1. The second-order valence-electron chi connectivity index (χ2n) is 5.25. The first-order chi connectivity index (χ1) is 10.1. The number of aryl methyl sites for hydroxylation is 2. The average Bonchev–Trinajstić information content (AvgIpc) is 3.06. The maximum atomic E-state index is 12.1. The fourth-order valence-corrected chi connectivity index (χ4v) is 3.89. The molecule has 0 saturated carbocycles. The highest BCUT2D eigenvalue weighted by Gasteiger charge is 2.24. The van der Waals surface area contributed by atoms with Gasteiger partial charge in [-0.1, -0.05) is 0 Å². The van der Waals surface area contributed by atoms with Gasteiger partial charge in [-0.25, -0.2) is 14.8 Å². The lowest BCUT2D eigenvalue weighted by Crippen LogP contribution is -2.20. The van der Waals surface area contributed by atoms with Crippen molar-refractivity contribution in [2.24, 2.45) is 0 Å². The van der Waals surface area contributed by atoms with Crippen LogP contribution in [0.1, 0.15) is 40.8 Å². The molecular formula is C15H19N3O2S. The van der Waals surface area contributed by atoms with Crippen LogP contribution in [0.5, 0.6) is 0 Å². The van der Waals surface area contributed by atoms with E-state index in [0.29, 0.717) is 11.5 Å². The zero-order chi connectivity index (χ0) is 15.0. The minimum Gasteiger partial charge on any atom is -0.462 e. The van der Waals surface area contributed by atoms with Gasteiger partial charge in [0.1, 0.15) is 21.3 Å². The number of carbonyl (C=O) groups is 1. The third kappa shape index (κ3) is 2.48. The van der Waals surface area contributed by atoms with Crippen molar-refractivity contribution in [2.75, 3.05) is 24.6 Å². The van der Waals surface area contributed by atoms with Gasteiger partial charge in [0, 0.05) is 13.1 Å². The standard InChI is InChI=1S/C15H19N3O2S/c1-4-20-15(19)12-9(2)11-13(18-7-5-6-8-18)16-10(3)17-14(11)21-12/h4-8H2,1-3H3. The molecule has 0 radical (unpaired) electrons. The van der Waals surface area contributed by atoms with Crippen molar-refractivity contribution in [3.63, 3.8) is 0 Å². The second kappa shape index (κ2) is 5.60. The quantitative estimate of drug-likeness (QED) is 0.816. The Hall–Kier alpha value is -1.69. The van der Waals surface area contributed by atoms with Gasteiger partial charge in [0.05, 0.1) is 12.0 Å². The molecule has 112 valence electrons. The Bertz CT molecular complexity index is 690. The summed E-state index contributed by atoms with van der Waals surface area (Å²) in [6.07, 6.45) is 2.39. The van der Waals surface area contributed by atoms with Gasteiger partial charge >= 0.3 is 5.97 Å². The number of carbonyl (C=O) groups excluding carboxylic acids is 1. The third-order valence-electron chi connectivity index (χ3n) is 3.75. The van der Waals surface area contributed by atoms with Crippen molar-refractivity contribution in [1.29, 1.82) is 0 Å². The normalized spacial score (nSPS) is 14.9. The number of thiophene rings is 1. The van der Waals surface area contributed by atoms with E-state index < -0.39 is 0 Å². The number of anilines is 1. The van der Waals surface area contributed by atoms with E-state index in [9.17, 15) is 4.79 Å². The van der Waals surface area contributed by atoms with E-state index in [1.165, 1.54) is 24.2 Å². The third-order valence-corrected chi connectivity index (χ3v) is 4.92. The van der Waals surface area contributed by atoms with Gasteiger partial charge in [-0.2, -0.15) is 0 Å². The molecule has 0 N–H and O–H groups in total. The molecule has 2 aromatic rings. The SMILES string of the molecule is CCOC(=O)c1sc2nc(C)nc(N3CCCC3)c2c1C. The minimum absolute atomic E-state index is 0.261. The van der Waals surface area contributed by atoms with Crippen molar-refractivity contribution in [3.05, 3.63) is 16.3 Å². The van der Waals surface area contributed by atoms with Crippen molar-refractivity contribution in [3.8, 4) is 0 Å². The van der Waals surface area contributed by atoms with Gasteiger partial charge in [0.25, 0.3) is 0 Å². The van der Waals surface area contributed by atoms with Crippen LogP contribution in [0.4, 0.5) is 5.82 Å². The summed E-state index contributed by atoms with van der Waals surface area (Å²) < 4.78 is 5.14. The fraction of sp³-hybridized carbons (Fsp3) is 0.533. The summed E-state index contributed by atoms with van der Waals surface area (Å²) in [5, 5.41) is 1.01. The monoisotopic (exact) mass is 305 g/mol. The Balaban J connectivity index is 2.16. The van der Waals surface area contributed by atoms with Gasteiger partial charge in [-0.3, -0.25) is 0 Å². The first-order valence-corrected chi connectivity index (χ1v) is 8.13. The highest BCUT2D eigenvalue weighted by molar-refractivity contribution is 7.20. The molecule has 1 fully saturated rings. The number of esters is 1. The molecule has 0 amide bonds. The van der Waals surface area contributed by atoms with E-state index in [2.05, 4.69) is 14.9 Å². The summed E-state index contributed by atoms with van der Waals surface area (Å²) in [6, 6.07) is 0. The van der Waals surface area contributed by atoms with Crippen LogP contribution < -0.4 is 4.90 Å². The predicted octanol–water partition coefficient (Wildman–Crippen LogP) is 3.09. The van der Waals surface area contributed by atoms with Crippen LogP contribution in [0.3, 0.4) is 0 Å². The topological polar surface area (TPSA) is 55.3 Å². The number of hydrogen-bond acceptors (Lipinski definition) is 6. The maximum absolute atomic E-state index is 12.1. The first kappa shape index (κ1) is 14.3. The number of hydrogen-bond donors (Lipinski definition) is 0. The lowest BCUT2D eigenvalue weighted by Gasteiger charge is -2.18. The number of rotatable bonds is 3. The van der Waals surface area contributed by atoms with Gasteiger partial charge in [-0.05, 0) is 39.2 Å². The van der Waals surface area contributed by atoms with Crippen LogP contribution in [0, 0.1) is 13.8 Å². The van der Waals surface area contributed by atoms with E-state index >= 15 is 0 Å². The fourth-order valence-electron chi connectivity index (χ4n) is 2.77. The Morgan fingerprint density at radius 3 is 2.67 bits per heavy atom. The molecule has 2 aromatic heterocycles. The van der Waals surface area contributed by atoms with Crippen LogP contribution in [0.25, 0.3) is 10.2 Å². The molecule has 0 atom stereocenters. The van der Waals surface area contributed by atoms with Crippen LogP contribution >= 0.6 is 11.3 Å². The largest absolute Gasteiger partial charge is 0.462 e. The van der Waals surface area contributed by atoms with E-state index in [1.54, 1.807) is 0 Å². The van der Waals surface area contributed by atoms with Crippen LogP contribution in [0.2, 0.25) is 0 Å². The molecule has 0 spiro atoms. The highest BCUT2D eigenvalue weighted by Crippen LogP contribution is 2.36. The van der Waals surface area contributed by atoms with Crippen LogP contribution in [-0.4, -0.2) is 35.6 Å². The number of fused-ring (bicyclic) bond motifs is 1. The number of nitrogens with zero attached hydrogens (tertiary/aromatic N) is 3.